The van der Waals surface area contributed by atoms with Crippen LogP contribution in [0.2, 0.25) is 0 Å². The molecule has 0 spiro atoms. The van der Waals surface area contributed by atoms with Gasteiger partial charge < -0.3 is 0 Å². The van der Waals surface area contributed by atoms with Crippen LogP contribution in [0, 0.1) is 13.8 Å². The molecule has 8 rings (SSSR count). The van der Waals surface area contributed by atoms with Gasteiger partial charge in [0.2, 0.25) is 0 Å². The number of nitrogens with zero attached hydrogens (tertiary/aromatic N) is 5. The lowest BCUT2D eigenvalue weighted by atomic mass is 9.85. The molecule has 8 aromatic rings. The minimum Gasteiger partial charge on any atom is -0.261 e. The first-order valence-corrected chi connectivity index (χ1v) is 19.7. The zero-order chi connectivity index (χ0) is 40.0. The molecule has 0 bridgehead atoms. The summed E-state index contributed by atoms with van der Waals surface area (Å²) < 4.78 is 0. The number of hydrogen-bond donors (Lipinski definition) is 0. The van der Waals surface area contributed by atoms with Crippen molar-refractivity contribution in [2.75, 3.05) is 0 Å². The fourth-order valence-corrected chi connectivity index (χ4v) is 7.42. The second-order valence-electron chi connectivity index (χ2n) is 14.7. The van der Waals surface area contributed by atoms with E-state index in [1.807, 2.05) is 30.3 Å². The molecule has 58 heavy (non-hydrogen) atoms. The van der Waals surface area contributed by atoms with Gasteiger partial charge in [0.1, 0.15) is 0 Å². The topological polar surface area (TPSA) is 63.4 Å². The highest BCUT2D eigenvalue weighted by atomic mass is 15.0. The molecule has 0 fully saturated rings. The third kappa shape index (κ3) is 8.07. The maximum absolute atomic E-state index is 4.96. The van der Waals surface area contributed by atoms with Crippen molar-refractivity contribution in [1.29, 1.82) is 0 Å². The van der Waals surface area contributed by atoms with Crippen molar-refractivity contribution >= 4 is 29.4 Å². The zero-order valence-corrected chi connectivity index (χ0v) is 33.4. The van der Waals surface area contributed by atoms with Crippen LogP contribution in [-0.2, 0) is 6.54 Å². The molecule has 5 nitrogen and oxygen atoms in total. The third-order valence-electron chi connectivity index (χ3n) is 10.7. The molecule has 1 heterocycles. The molecule has 1 aromatic heterocycles. The monoisotopic (exact) mass is 751 g/mol. The van der Waals surface area contributed by atoms with Gasteiger partial charge >= 0.3 is 0 Å². The predicted octanol–water partition coefficient (Wildman–Crippen LogP) is 13.1. The van der Waals surface area contributed by atoms with Crippen LogP contribution >= 0.6 is 0 Å². The van der Waals surface area contributed by atoms with E-state index in [2.05, 4.69) is 179 Å². The predicted molar refractivity (Wildman–Crippen MR) is 243 cm³/mol. The first-order valence-electron chi connectivity index (χ1n) is 19.7. The van der Waals surface area contributed by atoms with Gasteiger partial charge in [0, 0.05) is 28.2 Å². The first kappa shape index (κ1) is 37.8. The van der Waals surface area contributed by atoms with E-state index in [-0.39, 0.29) is 5.92 Å². The average molecular weight is 752 g/mol. The molecule has 0 aliphatic carbocycles. The van der Waals surface area contributed by atoms with Crippen LogP contribution in [0.5, 0.6) is 0 Å². The maximum atomic E-state index is 4.96. The van der Waals surface area contributed by atoms with Crippen molar-refractivity contribution in [3.8, 4) is 45.3 Å². The summed E-state index contributed by atoms with van der Waals surface area (Å²) >= 11 is 0. The number of rotatable bonds is 10. The van der Waals surface area contributed by atoms with E-state index in [1.54, 1.807) is 0 Å². The molecule has 7 aromatic carbocycles. The molecule has 0 aliphatic rings. The Morgan fingerprint density at radius 3 is 1.76 bits per heavy atom. The fourth-order valence-electron chi connectivity index (χ4n) is 7.42. The summed E-state index contributed by atoms with van der Waals surface area (Å²) in [7, 11) is 0. The smallest absolute Gasteiger partial charge is 0.164 e. The second kappa shape index (κ2) is 16.9. The lowest BCUT2D eigenvalue weighted by molar-refractivity contribution is 0.921. The first-order chi connectivity index (χ1) is 28.4. The van der Waals surface area contributed by atoms with Gasteiger partial charge in [0.15, 0.2) is 23.3 Å². The Hall–Kier alpha value is -7.11. The second-order valence-corrected chi connectivity index (χ2v) is 14.7. The van der Waals surface area contributed by atoms with E-state index in [0.717, 1.165) is 33.4 Å². The van der Waals surface area contributed by atoms with Gasteiger partial charge in [0.25, 0.3) is 0 Å². The standard InChI is InChI=1S/C53H45N5/c1-6-11-47-45(37(4)39-24-28-42(29-25-39)50(54-5)55-34-38-20-16-35(2)17-21-38)32-33-49-46(14-10-15-48(47)49)40-26-30-44(31-27-40)53-57-51(41-12-8-7-9-13-41)56-52(58-53)43-22-18-36(3)19-23-43/h6-33,37H,5,34H2,1-4H3/b11-6-,55-50-. The van der Waals surface area contributed by atoms with Crippen LogP contribution in [0.1, 0.15) is 58.7 Å². The highest BCUT2D eigenvalue weighted by molar-refractivity contribution is 6.02. The largest absolute Gasteiger partial charge is 0.261 e. The molecule has 0 saturated heterocycles. The minimum absolute atomic E-state index is 0.156. The molecule has 0 aliphatic heterocycles. The van der Waals surface area contributed by atoms with E-state index < -0.39 is 0 Å². The average Bonchev–Trinajstić information content (AvgIpc) is 3.27. The Balaban J connectivity index is 1.09. The Kier molecular flexibility index (Phi) is 11.0. The van der Waals surface area contributed by atoms with Crippen LogP contribution in [0.15, 0.2) is 174 Å². The Bertz CT molecular complexity index is 2770. The van der Waals surface area contributed by atoms with Gasteiger partial charge in [-0.15, -0.1) is 0 Å². The summed E-state index contributed by atoms with van der Waals surface area (Å²) in [5, 5.41) is 2.42. The summed E-state index contributed by atoms with van der Waals surface area (Å²) in [5.74, 6) is 2.75. The highest BCUT2D eigenvalue weighted by Crippen LogP contribution is 2.37. The fraction of sp³-hybridized carbons (Fsp3) is 0.113. The van der Waals surface area contributed by atoms with E-state index in [9.17, 15) is 0 Å². The number of fused-ring (bicyclic) bond motifs is 1. The molecule has 0 saturated carbocycles. The van der Waals surface area contributed by atoms with Crippen LogP contribution in [0.4, 0.5) is 0 Å². The van der Waals surface area contributed by atoms with Gasteiger partial charge in [-0.1, -0.05) is 188 Å². The third-order valence-corrected chi connectivity index (χ3v) is 10.7. The number of aromatic nitrogens is 3. The summed E-state index contributed by atoms with van der Waals surface area (Å²) in [4.78, 5) is 23.8. The Morgan fingerprint density at radius 1 is 0.586 bits per heavy atom. The number of aryl methyl sites for hydroxylation is 2. The number of benzene rings is 7. The molecule has 0 N–H and O–H groups in total. The van der Waals surface area contributed by atoms with Crippen molar-refractivity contribution in [3.63, 3.8) is 0 Å². The van der Waals surface area contributed by atoms with E-state index >= 15 is 0 Å². The van der Waals surface area contributed by atoms with Crippen molar-refractivity contribution in [2.24, 2.45) is 9.98 Å². The number of amidine groups is 1. The molecule has 1 atom stereocenters. The lowest BCUT2D eigenvalue weighted by Crippen LogP contribution is -2.02. The van der Waals surface area contributed by atoms with E-state index in [1.165, 1.54) is 44.2 Å². The van der Waals surface area contributed by atoms with Crippen LogP contribution < -0.4 is 0 Å². The van der Waals surface area contributed by atoms with Crippen LogP contribution in [0.3, 0.4) is 0 Å². The molecule has 0 amide bonds. The van der Waals surface area contributed by atoms with E-state index in [4.69, 9.17) is 19.9 Å². The van der Waals surface area contributed by atoms with Crippen molar-refractivity contribution in [3.05, 3.63) is 203 Å². The Labute approximate surface area is 341 Å². The van der Waals surface area contributed by atoms with Crippen molar-refractivity contribution in [1.82, 2.24) is 15.0 Å². The van der Waals surface area contributed by atoms with Crippen molar-refractivity contribution < 1.29 is 0 Å². The van der Waals surface area contributed by atoms with Crippen molar-refractivity contribution in [2.45, 2.75) is 40.2 Å². The summed E-state index contributed by atoms with van der Waals surface area (Å²) in [6.45, 7) is 12.9. The SMILES string of the molecule is C=N/C(=N\Cc1ccc(C)cc1)c1ccc(C(C)c2ccc3c(-c4ccc(-c5nc(-c6ccccc6)nc(-c6ccc(C)cc6)n5)cc4)cccc3c2/C=C\C)cc1. The zero-order valence-electron chi connectivity index (χ0n) is 33.4. The quantitative estimate of drug-likeness (QED) is 0.103. The van der Waals surface area contributed by atoms with Gasteiger partial charge in [-0.2, -0.15) is 0 Å². The van der Waals surface area contributed by atoms with Gasteiger partial charge in [0.05, 0.1) is 6.54 Å². The maximum Gasteiger partial charge on any atom is 0.164 e. The van der Waals surface area contributed by atoms with Gasteiger partial charge in [-0.3, -0.25) is 4.99 Å². The van der Waals surface area contributed by atoms with Crippen LogP contribution in [0.25, 0.3) is 62.1 Å². The van der Waals surface area contributed by atoms with Crippen LogP contribution in [-0.4, -0.2) is 27.5 Å². The Morgan fingerprint density at radius 2 is 1.16 bits per heavy atom. The molecular formula is C53H45N5. The van der Waals surface area contributed by atoms with E-state index in [0.29, 0.717) is 29.9 Å². The van der Waals surface area contributed by atoms with Gasteiger partial charge in [-0.25, -0.2) is 19.9 Å². The molecule has 5 heteroatoms. The summed E-state index contributed by atoms with van der Waals surface area (Å²) in [6.07, 6.45) is 4.37. The summed E-state index contributed by atoms with van der Waals surface area (Å²) in [6, 6.07) is 55.2. The molecular weight excluding hydrogens is 707 g/mol. The highest BCUT2D eigenvalue weighted by Gasteiger charge is 2.17. The molecule has 282 valence electrons. The normalized spacial score (nSPS) is 12.2. The van der Waals surface area contributed by atoms with Gasteiger partial charge in [-0.05, 0) is 71.6 Å². The number of aliphatic imine (C=N–C) groups is 2. The molecule has 0 radical (unpaired) electrons. The molecule has 1 unspecified atom stereocenters. The number of hydrogen-bond acceptors (Lipinski definition) is 4. The number of allylic oxidation sites excluding steroid dienone is 1. The summed E-state index contributed by atoms with van der Waals surface area (Å²) in [5.41, 5.74) is 13.4. The minimum atomic E-state index is 0.156. The lowest BCUT2D eigenvalue weighted by Gasteiger charge is -2.19.